The Morgan fingerprint density at radius 3 is 2.33 bits per heavy atom. The van der Waals surface area contributed by atoms with Crippen LogP contribution in [0.3, 0.4) is 0 Å². The fraction of sp³-hybridized carbons (Fsp3) is 0.593. The van der Waals surface area contributed by atoms with Crippen molar-refractivity contribution >= 4 is 29.8 Å². The third kappa shape index (κ3) is 6.86. The average Bonchev–Trinajstić information content (AvgIpc) is 3.52. The molecule has 39 heavy (non-hydrogen) atoms. The Labute approximate surface area is 228 Å². The monoisotopic (exact) mass is 546 g/mol. The first-order valence-corrected chi connectivity index (χ1v) is 12.9. The van der Waals surface area contributed by atoms with Crippen molar-refractivity contribution in [1.82, 2.24) is 20.9 Å². The van der Waals surface area contributed by atoms with Crippen molar-refractivity contribution in [2.24, 2.45) is 0 Å². The molecular formula is C27H38N4O8. The van der Waals surface area contributed by atoms with Gasteiger partial charge in [0.1, 0.15) is 18.2 Å². The highest BCUT2D eigenvalue weighted by atomic mass is 16.6. The van der Waals surface area contributed by atoms with Crippen LogP contribution in [0.1, 0.15) is 57.2 Å². The minimum Gasteiger partial charge on any atom is -0.467 e. The molecule has 0 bridgehead atoms. The number of carbonyl (C=O) groups excluding carboxylic acids is 5. The third-order valence-electron chi connectivity index (χ3n) is 6.81. The molecule has 0 aromatic heterocycles. The summed E-state index contributed by atoms with van der Waals surface area (Å²) in [6.45, 7) is 6.88. The first kappa shape index (κ1) is 29.9. The summed E-state index contributed by atoms with van der Waals surface area (Å²) in [6.07, 6.45) is 0.177. The summed E-state index contributed by atoms with van der Waals surface area (Å²) >= 11 is 0. The molecule has 4 atom stereocenters. The zero-order valence-corrected chi connectivity index (χ0v) is 23.3. The van der Waals surface area contributed by atoms with E-state index in [2.05, 4.69) is 16.0 Å². The van der Waals surface area contributed by atoms with Crippen LogP contribution in [-0.4, -0.2) is 85.3 Å². The number of likely N-dealkylation sites (tertiary alicyclic amines) is 1. The molecule has 214 valence electrons. The maximum atomic E-state index is 13.7. The number of aryl methyl sites for hydroxylation is 1. The van der Waals surface area contributed by atoms with Gasteiger partial charge >= 0.3 is 18.0 Å². The van der Waals surface area contributed by atoms with Crippen LogP contribution < -0.4 is 16.0 Å². The summed E-state index contributed by atoms with van der Waals surface area (Å²) in [4.78, 5) is 65.9. The molecule has 2 fully saturated rings. The van der Waals surface area contributed by atoms with Crippen LogP contribution in [0, 0.1) is 6.92 Å². The van der Waals surface area contributed by atoms with Crippen molar-refractivity contribution in [3.05, 3.63) is 35.4 Å². The molecular weight excluding hydrogens is 508 g/mol. The summed E-state index contributed by atoms with van der Waals surface area (Å²) in [5.74, 6) is -2.32. The molecule has 3 rings (SSSR count). The van der Waals surface area contributed by atoms with Gasteiger partial charge in [0.25, 0.3) is 0 Å². The van der Waals surface area contributed by atoms with Gasteiger partial charge in [0.15, 0.2) is 5.54 Å². The molecule has 0 radical (unpaired) electrons. The van der Waals surface area contributed by atoms with Crippen molar-refractivity contribution in [3.63, 3.8) is 0 Å². The molecule has 2 saturated heterocycles. The highest BCUT2D eigenvalue weighted by molar-refractivity contribution is 5.94. The average molecular weight is 547 g/mol. The van der Waals surface area contributed by atoms with Gasteiger partial charge in [0, 0.05) is 13.0 Å². The van der Waals surface area contributed by atoms with Crippen LogP contribution in [0.15, 0.2) is 24.3 Å². The summed E-state index contributed by atoms with van der Waals surface area (Å²) in [5, 5.41) is 8.33. The molecule has 2 aliphatic rings. The van der Waals surface area contributed by atoms with Gasteiger partial charge < -0.3 is 29.7 Å². The van der Waals surface area contributed by atoms with Crippen molar-refractivity contribution < 1.29 is 38.2 Å². The fourth-order valence-electron chi connectivity index (χ4n) is 5.07. The van der Waals surface area contributed by atoms with E-state index in [4.69, 9.17) is 14.2 Å². The van der Waals surface area contributed by atoms with Crippen LogP contribution in [0.5, 0.6) is 0 Å². The highest BCUT2D eigenvalue weighted by Gasteiger charge is 2.58. The lowest BCUT2D eigenvalue weighted by atomic mass is 9.84. The molecule has 0 saturated carbocycles. The summed E-state index contributed by atoms with van der Waals surface area (Å²) in [5.41, 5.74) is -0.813. The second kappa shape index (κ2) is 12.0. The van der Waals surface area contributed by atoms with Gasteiger partial charge in [-0.3, -0.25) is 14.9 Å². The first-order valence-electron chi connectivity index (χ1n) is 12.9. The number of rotatable bonds is 7. The Morgan fingerprint density at radius 1 is 1.08 bits per heavy atom. The number of benzene rings is 1. The predicted molar refractivity (Wildman–Crippen MR) is 139 cm³/mol. The lowest BCUT2D eigenvalue weighted by molar-refractivity contribution is -0.152. The lowest BCUT2D eigenvalue weighted by Crippen LogP contribution is -2.59. The molecule has 1 aromatic carbocycles. The third-order valence-corrected chi connectivity index (χ3v) is 6.81. The molecule has 1 aromatic rings. The smallest absolute Gasteiger partial charge is 0.408 e. The van der Waals surface area contributed by atoms with Crippen LogP contribution in [0.2, 0.25) is 0 Å². The van der Waals surface area contributed by atoms with E-state index in [0.717, 1.165) is 5.56 Å². The first-order chi connectivity index (χ1) is 18.3. The molecule has 0 spiro atoms. The van der Waals surface area contributed by atoms with Gasteiger partial charge in [0.2, 0.25) is 11.8 Å². The minimum atomic E-state index is -1.68. The number of nitrogens with one attached hydrogen (secondary N) is 3. The Bertz CT molecular complexity index is 1100. The number of methoxy groups -OCH3 is 2. The van der Waals surface area contributed by atoms with E-state index < -0.39 is 59.7 Å². The van der Waals surface area contributed by atoms with Crippen molar-refractivity contribution in [3.8, 4) is 0 Å². The number of esters is 2. The largest absolute Gasteiger partial charge is 0.467 e. The van der Waals surface area contributed by atoms with Gasteiger partial charge in [-0.25, -0.2) is 14.4 Å². The number of carbonyl (C=O) groups is 5. The Morgan fingerprint density at radius 2 is 1.74 bits per heavy atom. The van der Waals surface area contributed by atoms with Gasteiger partial charge in [-0.2, -0.15) is 0 Å². The number of alkyl carbamates (subject to hydrolysis) is 1. The maximum Gasteiger partial charge on any atom is 0.408 e. The quantitative estimate of drug-likeness (QED) is 0.337. The van der Waals surface area contributed by atoms with Crippen LogP contribution in [0.4, 0.5) is 4.79 Å². The number of hydrogen-bond acceptors (Lipinski definition) is 9. The molecule has 0 unspecified atom stereocenters. The number of hydrogen-bond donors (Lipinski definition) is 3. The van der Waals surface area contributed by atoms with Crippen molar-refractivity contribution in [1.29, 1.82) is 0 Å². The van der Waals surface area contributed by atoms with Gasteiger partial charge in [-0.1, -0.05) is 29.8 Å². The predicted octanol–water partition coefficient (Wildman–Crippen LogP) is 1.11. The minimum absolute atomic E-state index is 0.139. The SMILES string of the molecule is COC(=O)[C@@H]1CCCN1C(=O)[C@H]1C[C@@](NC(=O)CNC(=O)OC(C)(C)C)(C(=O)OC)[C@@H](c2ccc(C)cc2)N1. The van der Waals surface area contributed by atoms with E-state index >= 15 is 0 Å². The molecule has 12 heteroatoms. The highest BCUT2D eigenvalue weighted by Crippen LogP contribution is 2.39. The van der Waals surface area contributed by atoms with E-state index in [0.29, 0.717) is 24.9 Å². The van der Waals surface area contributed by atoms with Gasteiger partial charge in [-0.15, -0.1) is 0 Å². The molecule has 2 aliphatic heterocycles. The van der Waals surface area contributed by atoms with E-state index in [1.807, 2.05) is 19.1 Å². The van der Waals surface area contributed by atoms with Gasteiger partial charge in [-0.05, 0) is 46.1 Å². The number of nitrogens with zero attached hydrogens (tertiary/aromatic N) is 1. The summed E-state index contributed by atoms with van der Waals surface area (Å²) in [6, 6.07) is 4.83. The zero-order chi connectivity index (χ0) is 29.0. The lowest BCUT2D eigenvalue weighted by Gasteiger charge is -2.33. The summed E-state index contributed by atoms with van der Waals surface area (Å²) in [7, 11) is 2.47. The van der Waals surface area contributed by atoms with E-state index in [-0.39, 0.29) is 12.3 Å². The summed E-state index contributed by atoms with van der Waals surface area (Å²) < 4.78 is 15.2. The normalized spacial score (nSPS) is 24.6. The van der Waals surface area contributed by atoms with E-state index in [1.165, 1.54) is 19.1 Å². The Kier molecular flexibility index (Phi) is 9.21. The standard InChI is InChI=1S/C27H38N4O8/c1-16-9-11-17(12-10-16)21-27(24(35)38-6,30-20(32)15-28-25(36)39-26(2,3)4)14-18(29-21)22(33)31-13-7-8-19(31)23(34)37-5/h9-12,18-19,21,29H,7-8,13-15H2,1-6H3,(H,28,36)(H,30,32)/t18-,19+,21-,27+/m1/s1. The van der Waals surface area contributed by atoms with Crippen LogP contribution in [-0.2, 0) is 33.4 Å². The zero-order valence-electron chi connectivity index (χ0n) is 23.3. The maximum absolute atomic E-state index is 13.7. The van der Waals surface area contributed by atoms with E-state index in [9.17, 15) is 24.0 Å². The number of ether oxygens (including phenoxy) is 3. The Balaban J connectivity index is 1.91. The van der Waals surface area contributed by atoms with Gasteiger partial charge in [0.05, 0.1) is 26.3 Å². The second-order valence-corrected chi connectivity index (χ2v) is 10.8. The molecule has 2 heterocycles. The molecule has 0 aliphatic carbocycles. The van der Waals surface area contributed by atoms with Crippen molar-refractivity contribution in [2.45, 2.75) is 76.2 Å². The van der Waals surface area contributed by atoms with Crippen LogP contribution in [0.25, 0.3) is 0 Å². The Hall–Kier alpha value is -3.67. The second-order valence-electron chi connectivity index (χ2n) is 10.8. The molecule has 3 amide bonds. The molecule has 3 N–H and O–H groups in total. The van der Waals surface area contributed by atoms with E-state index in [1.54, 1.807) is 32.9 Å². The number of amides is 3. The van der Waals surface area contributed by atoms with Crippen LogP contribution >= 0.6 is 0 Å². The fourth-order valence-corrected chi connectivity index (χ4v) is 5.07. The molecule has 12 nitrogen and oxygen atoms in total. The topological polar surface area (TPSA) is 152 Å². The van der Waals surface area contributed by atoms with Crippen molar-refractivity contribution in [2.75, 3.05) is 27.3 Å².